The zero-order valence-corrected chi connectivity index (χ0v) is 7.66. The molecule has 0 fully saturated rings. The van der Waals surface area contributed by atoms with Crippen molar-refractivity contribution >= 4 is 5.97 Å². The topological polar surface area (TPSA) is 49.3 Å². The molecule has 0 radical (unpaired) electrons. The maximum absolute atomic E-state index is 10.5. The minimum absolute atomic E-state index is 0.297. The summed E-state index contributed by atoms with van der Waals surface area (Å²) in [5.74, 6) is 1.55. The number of hydrogen-bond donors (Lipinski definition) is 2. The van der Waals surface area contributed by atoms with Crippen LogP contribution in [0.4, 0.5) is 0 Å². The zero-order chi connectivity index (χ0) is 10.4. The third-order valence-electron chi connectivity index (χ3n) is 1.76. The average molecular weight is 189 g/mol. The van der Waals surface area contributed by atoms with Crippen molar-refractivity contribution < 1.29 is 9.90 Å². The third-order valence-corrected chi connectivity index (χ3v) is 1.76. The predicted molar refractivity (Wildman–Crippen MR) is 53.9 cm³/mol. The average Bonchev–Trinajstić information content (AvgIpc) is 2.19. The zero-order valence-electron chi connectivity index (χ0n) is 7.66. The number of nitrogens with one attached hydrogen (secondary N) is 1. The molecule has 0 atom stereocenters. The molecule has 1 aromatic rings. The molecule has 1 aromatic carbocycles. The highest BCUT2D eigenvalue weighted by molar-refractivity contribution is 5.87. The van der Waals surface area contributed by atoms with E-state index in [9.17, 15) is 4.79 Å². The van der Waals surface area contributed by atoms with E-state index in [1.807, 2.05) is 0 Å². The highest BCUT2D eigenvalue weighted by Crippen LogP contribution is 2.03. The monoisotopic (exact) mass is 189 g/mol. The number of aromatic carboxylic acids is 1. The van der Waals surface area contributed by atoms with E-state index in [1.54, 1.807) is 24.3 Å². The van der Waals surface area contributed by atoms with E-state index in [-0.39, 0.29) is 0 Å². The van der Waals surface area contributed by atoms with E-state index < -0.39 is 5.97 Å². The van der Waals surface area contributed by atoms with Gasteiger partial charge in [0.25, 0.3) is 0 Å². The molecule has 0 aliphatic rings. The van der Waals surface area contributed by atoms with Crippen molar-refractivity contribution in [1.82, 2.24) is 5.32 Å². The first kappa shape index (κ1) is 10.3. The highest BCUT2D eigenvalue weighted by Gasteiger charge is 2.00. The van der Waals surface area contributed by atoms with Gasteiger partial charge in [-0.2, -0.15) is 0 Å². The summed E-state index contributed by atoms with van der Waals surface area (Å²) >= 11 is 0. The minimum atomic E-state index is -0.909. The Morgan fingerprint density at radius 3 is 2.57 bits per heavy atom. The molecule has 2 N–H and O–H groups in total. The van der Waals surface area contributed by atoms with Gasteiger partial charge in [-0.1, -0.05) is 18.1 Å². The van der Waals surface area contributed by atoms with Gasteiger partial charge in [-0.15, -0.1) is 6.42 Å². The fraction of sp³-hybridized carbons (Fsp3) is 0.182. The Kier molecular flexibility index (Phi) is 3.71. The maximum atomic E-state index is 10.5. The van der Waals surface area contributed by atoms with Gasteiger partial charge < -0.3 is 10.4 Å². The van der Waals surface area contributed by atoms with E-state index in [2.05, 4.69) is 11.2 Å². The molecule has 1 rings (SSSR count). The normalized spacial score (nSPS) is 9.36. The SMILES string of the molecule is C#CCNCc1ccc(C(=O)O)cc1. The summed E-state index contributed by atoms with van der Waals surface area (Å²) in [4.78, 5) is 10.5. The van der Waals surface area contributed by atoms with E-state index in [4.69, 9.17) is 11.5 Å². The van der Waals surface area contributed by atoms with Crippen LogP contribution in [0.3, 0.4) is 0 Å². The summed E-state index contributed by atoms with van der Waals surface area (Å²) in [6.07, 6.45) is 5.07. The molecule has 0 amide bonds. The first-order valence-corrected chi connectivity index (χ1v) is 4.20. The van der Waals surface area contributed by atoms with Crippen molar-refractivity contribution in [3.8, 4) is 12.3 Å². The Labute approximate surface area is 82.8 Å². The lowest BCUT2D eigenvalue weighted by Crippen LogP contribution is -2.12. The van der Waals surface area contributed by atoms with Crippen molar-refractivity contribution in [3.63, 3.8) is 0 Å². The maximum Gasteiger partial charge on any atom is 0.335 e. The highest BCUT2D eigenvalue weighted by atomic mass is 16.4. The van der Waals surface area contributed by atoms with Gasteiger partial charge in [-0.3, -0.25) is 0 Å². The van der Waals surface area contributed by atoms with Crippen LogP contribution in [-0.2, 0) is 6.54 Å². The molecule has 14 heavy (non-hydrogen) atoms. The van der Waals surface area contributed by atoms with E-state index in [0.717, 1.165) is 5.56 Å². The molecule has 0 saturated carbocycles. The van der Waals surface area contributed by atoms with Crippen LogP contribution < -0.4 is 5.32 Å². The Hall–Kier alpha value is -1.79. The molecule has 3 heteroatoms. The lowest BCUT2D eigenvalue weighted by atomic mass is 10.1. The van der Waals surface area contributed by atoms with Gasteiger partial charge in [0.05, 0.1) is 12.1 Å². The Morgan fingerprint density at radius 2 is 2.07 bits per heavy atom. The fourth-order valence-corrected chi connectivity index (χ4v) is 1.04. The minimum Gasteiger partial charge on any atom is -0.478 e. The predicted octanol–water partition coefficient (Wildman–Crippen LogP) is 1.11. The standard InChI is InChI=1S/C11H11NO2/c1-2-7-12-8-9-3-5-10(6-4-9)11(13)14/h1,3-6,12H,7-8H2,(H,13,14). The second kappa shape index (κ2) is 5.05. The smallest absolute Gasteiger partial charge is 0.335 e. The van der Waals surface area contributed by atoms with Gasteiger partial charge >= 0.3 is 5.97 Å². The molecule has 0 unspecified atom stereocenters. The molecule has 0 aromatic heterocycles. The van der Waals surface area contributed by atoms with Gasteiger partial charge in [0, 0.05) is 6.54 Å². The van der Waals surface area contributed by atoms with E-state index in [1.165, 1.54) is 0 Å². The van der Waals surface area contributed by atoms with Crippen LogP contribution >= 0.6 is 0 Å². The quantitative estimate of drug-likeness (QED) is 0.551. The van der Waals surface area contributed by atoms with Crippen LogP contribution in [0.5, 0.6) is 0 Å². The first-order chi connectivity index (χ1) is 6.74. The van der Waals surface area contributed by atoms with Crippen LogP contribution in [0.1, 0.15) is 15.9 Å². The van der Waals surface area contributed by atoms with Crippen molar-refractivity contribution in [2.45, 2.75) is 6.54 Å². The third kappa shape index (κ3) is 2.92. The van der Waals surface area contributed by atoms with E-state index in [0.29, 0.717) is 18.7 Å². The summed E-state index contributed by atoms with van der Waals surface area (Å²) in [6, 6.07) is 6.70. The second-order valence-electron chi connectivity index (χ2n) is 2.81. The summed E-state index contributed by atoms with van der Waals surface area (Å²) in [6.45, 7) is 1.17. The number of carboxylic acid groups (broad SMARTS) is 1. The van der Waals surface area contributed by atoms with Crippen molar-refractivity contribution in [2.75, 3.05) is 6.54 Å². The van der Waals surface area contributed by atoms with Crippen LogP contribution in [0.25, 0.3) is 0 Å². The molecule has 0 saturated heterocycles. The van der Waals surface area contributed by atoms with Crippen molar-refractivity contribution in [3.05, 3.63) is 35.4 Å². The van der Waals surface area contributed by atoms with Gasteiger partial charge in [-0.25, -0.2) is 4.79 Å². The first-order valence-electron chi connectivity index (χ1n) is 4.20. The summed E-state index contributed by atoms with van der Waals surface area (Å²) in [5, 5.41) is 11.7. The number of terminal acetylenes is 1. The molecule has 3 nitrogen and oxygen atoms in total. The number of rotatable bonds is 4. The number of hydrogen-bond acceptors (Lipinski definition) is 2. The van der Waals surface area contributed by atoms with Gasteiger partial charge in [0.1, 0.15) is 0 Å². The molecule has 72 valence electrons. The molecular weight excluding hydrogens is 178 g/mol. The van der Waals surface area contributed by atoms with Crippen LogP contribution in [0, 0.1) is 12.3 Å². The van der Waals surface area contributed by atoms with Crippen molar-refractivity contribution in [2.24, 2.45) is 0 Å². The fourth-order valence-electron chi connectivity index (χ4n) is 1.04. The summed E-state index contributed by atoms with van der Waals surface area (Å²) < 4.78 is 0. The van der Waals surface area contributed by atoms with Crippen LogP contribution in [-0.4, -0.2) is 17.6 Å². The number of benzene rings is 1. The molecule has 0 bridgehead atoms. The summed E-state index contributed by atoms with van der Waals surface area (Å²) in [5.41, 5.74) is 1.32. The lowest BCUT2D eigenvalue weighted by Gasteiger charge is -2.01. The second-order valence-corrected chi connectivity index (χ2v) is 2.81. The molecule has 0 spiro atoms. The molecule has 0 heterocycles. The molecular formula is C11H11NO2. The number of carbonyl (C=O) groups is 1. The Bertz CT molecular complexity index is 349. The van der Waals surface area contributed by atoms with Crippen LogP contribution in [0.2, 0.25) is 0 Å². The van der Waals surface area contributed by atoms with Crippen molar-refractivity contribution in [1.29, 1.82) is 0 Å². The van der Waals surface area contributed by atoms with Gasteiger partial charge in [0.2, 0.25) is 0 Å². The van der Waals surface area contributed by atoms with Gasteiger partial charge in [-0.05, 0) is 17.7 Å². The van der Waals surface area contributed by atoms with Gasteiger partial charge in [0.15, 0.2) is 0 Å². The summed E-state index contributed by atoms with van der Waals surface area (Å²) in [7, 11) is 0. The lowest BCUT2D eigenvalue weighted by molar-refractivity contribution is 0.0697. The largest absolute Gasteiger partial charge is 0.478 e. The number of carboxylic acids is 1. The Balaban J connectivity index is 2.56. The molecule has 0 aliphatic carbocycles. The Morgan fingerprint density at radius 1 is 1.43 bits per heavy atom. The molecule has 0 aliphatic heterocycles. The van der Waals surface area contributed by atoms with E-state index >= 15 is 0 Å². The van der Waals surface area contributed by atoms with Crippen LogP contribution in [0.15, 0.2) is 24.3 Å².